The number of urea groups is 1. The van der Waals surface area contributed by atoms with Gasteiger partial charge < -0.3 is 19.9 Å². The van der Waals surface area contributed by atoms with Crippen molar-refractivity contribution in [3.05, 3.63) is 60.3 Å². The monoisotopic (exact) mass is 406 g/mol. The first-order valence-corrected chi connectivity index (χ1v) is 9.55. The number of nitrogens with one attached hydrogen (secondary N) is 2. The molecule has 2 N–H and O–H groups in total. The van der Waals surface area contributed by atoms with Gasteiger partial charge in [-0.2, -0.15) is 0 Å². The third-order valence-electron chi connectivity index (χ3n) is 5.20. The Morgan fingerprint density at radius 3 is 2.63 bits per heavy atom. The van der Waals surface area contributed by atoms with Gasteiger partial charge in [-0.05, 0) is 35.9 Å². The number of hydrogen-bond donors (Lipinski definition) is 2. The van der Waals surface area contributed by atoms with Crippen LogP contribution in [0.5, 0.6) is 5.75 Å². The van der Waals surface area contributed by atoms with Gasteiger partial charge >= 0.3 is 6.03 Å². The highest BCUT2D eigenvalue weighted by Crippen LogP contribution is 2.24. The molecule has 1 aliphatic heterocycles. The maximum atomic E-state index is 12.7. The average Bonchev–Trinajstić information content (AvgIpc) is 3.24. The zero-order valence-corrected chi connectivity index (χ0v) is 16.7. The minimum absolute atomic E-state index is 0.132. The fraction of sp³-hybridized carbons (Fsp3) is 0.227. The van der Waals surface area contributed by atoms with Crippen molar-refractivity contribution < 1.29 is 19.1 Å². The molecule has 3 aromatic rings. The molecule has 8 nitrogen and oxygen atoms in total. The Balaban J connectivity index is 1.41. The number of aromatic nitrogens is 1. The number of carbonyl (C=O) groups excluding carboxylic acids is 3. The molecule has 1 fully saturated rings. The van der Waals surface area contributed by atoms with Gasteiger partial charge in [0, 0.05) is 24.1 Å². The maximum absolute atomic E-state index is 12.7. The van der Waals surface area contributed by atoms with Crippen molar-refractivity contribution in [2.24, 2.45) is 7.05 Å². The lowest BCUT2D eigenvalue weighted by molar-refractivity contribution is -0.130. The molecule has 0 bridgehead atoms. The van der Waals surface area contributed by atoms with Crippen LogP contribution in [0.25, 0.3) is 10.9 Å². The zero-order valence-electron chi connectivity index (χ0n) is 16.7. The number of amides is 4. The second-order valence-corrected chi connectivity index (χ2v) is 7.19. The van der Waals surface area contributed by atoms with Crippen molar-refractivity contribution in [3.63, 3.8) is 0 Å². The minimum atomic E-state index is -0.884. The molecule has 1 aliphatic rings. The van der Waals surface area contributed by atoms with E-state index in [0.29, 0.717) is 11.4 Å². The Kier molecular flexibility index (Phi) is 5.14. The largest absolute Gasteiger partial charge is 0.497 e. The summed E-state index contributed by atoms with van der Waals surface area (Å²) in [7, 11) is 3.50. The summed E-state index contributed by atoms with van der Waals surface area (Å²) in [4.78, 5) is 38.6. The van der Waals surface area contributed by atoms with E-state index in [1.807, 2.05) is 42.1 Å². The van der Waals surface area contributed by atoms with Crippen LogP contribution in [-0.2, 0) is 23.2 Å². The molecule has 2 heterocycles. The Morgan fingerprint density at radius 1 is 1.13 bits per heavy atom. The number of nitrogens with zero attached hydrogens (tertiary/aromatic N) is 2. The molecule has 154 valence electrons. The molecular formula is C22H22N4O4. The first-order chi connectivity index (χ1) is 14.5. The summed E-state index contributed by atoms with van der Waals surface area (Å²) < 4.78 is 7.07. The van der Waals surface area contributed by atoms with Crippen molar-refractivity contribution in [1.29, 1.82) is 0 Å². The number of hydrogen-bond acceptors (Lipinski definition) is 4. The molecule has 1 atom stereocenters. The van der Waals surface area contributed by atoms with Gasteiger partial charge in [0.2, 0.25) is 5.91 Å². The van der Waals surface area contributed by atoms with Crippen LogP contribution in [0, 0.1) is 0 Å². The van der Waals surface area contributed by atoms with Crippen LogP contribution in [0.3, 0.4) is 0 Å². The summed E-state index contributed by atoms with van der Waals surface area (Å²) in [5.41, 5.74) is 2.45. The predicted octanol–water partition coefficient (Wildman–Crippen LogP) is 2.64. The summed E-state index contributed by atoms with van der Waals surface area (Å²) in [5.74, 6) is -0.0564. The highest BCUT2D eigenvalue weighted by atomic mass is 16.5. The van der Waals surface area contributed by atoms with Crippen LogP contribution < -0.4 is 15.4 Å². The van der Waals surface area contributed by atoms with E-state index in [-0.39, 0.29) is 18.9 Å². The number of anilines is 1. The number of benzene rings is 2. The molecule has 4 rings (SSSR count). The molecule has 0 saturated carbocycles. The second kappa shape index (κ2) is 7.90. The van der Waals surface area contributed by atoms with E-state index >= 15 is 0 Å². The Morgan fingerprint density at radius 2 is 1.90 bits per heavy atom. The van der Waals surface area contributed by atoms with Crippen molar-refractivity contribution in [2.75, 3.05) is 12.4 Å². The van der Waals surface area contributed by atoms with E-state index in [4.69, 9.17) is 4.74 Å². The van der Waals surface area contributed by atoms with E-state index in [1.54, 1.807) is 31.4 Å². The Hall–Kier alpha value is -3.81. The van der Waals surface area contributed by atoms with Crippen LogP contribution in [0.2, 0.25) is 0 Å². The van der Waals surface area contributed by atoms with Crippen LogP contribution in [0.4, 0.5) is 10.5 Å². The van der Waals surface area contributed by atoms with Gasteiger partial charge in [-0.15, -0.1) is 0 Å². The minimum Gasteiger partial charge on any atom is -0.497 e. The standard InChI is InChI=1S/C22H22N4O4/c1-25-11-10-16-17(4-3-5-19(16)25)23-20(27)12-18-21(28)26(22(29)24-18)13-14-6-8-15(30-2)9-7-14/h3-11,18H,12-13H2,1-2H3,(H,23,27)(H,24,29)/t18-/m1/s1. The number of methoxy groups -OCH3 is 1. The highest BCUT2D eigenvalue weighted by Gasteiger charge is 2.39. The van der Waals surface area contributed by atoms with E-state index in [2.05, 4.69) is 10.6 Å². The Labute approximate surface area is 173 Å². The summed E-state index contributed by atoms with van der Waals surface area (Å²) in [5, 5.41) is 6.37. The molecule has 0 radical (unpaired) electrons. The molecule has 0 spiro atoms. The number of imide groups is 1. The van der Waals surface area contributed by atoms with Gasteiger partial charge in [0.05, 0.1) is 25.8 Å². The fourth-order valence-electron chi connectivity index (χ4n) is 3.58. The summed E-state index contributed by atoms with van der Waals surface area (Å²) in [6.07, 6.45) is 1.78. The number of fused-ring (bicyclic) bond motifs is 1. The van der Waals surface area contributed by atoms with Gasteiger partial charge in [-0.25, -0.2) is 4.79 Å². The molecular weight excluding hydrogens is 384 g/mol. The smallest absolute Gasteiger partial charge is 0.325 e. The van der Waals surface area contributed by atoms with E-state index in [0.717, 1.165) is 21.4 Å². The second-order valence-electron chi connectivity index (χ2n) is 7.19. The summed E-state index contributed by atoms with van der Waals surface area (Å²) in [6.45, 7) is 0.135. The molecule has 2 aromatic carbocycles. The van der Waals surface area contributed by atoms with Gasteiger partial charge in [0.25, 0.3) is 5.91 Å². The highest BCUT2D eigenvalue weighted by molar-refractivity contribution is 6.08. The summed E-state index contributed by atoms with van der Waals surface area (Å²) >= 11 is 0. The molecule has 8 heteroatoms. The van der Waals surface area contributed by atoms with E-state index < -0.39 is 18.0 Å². The predicted molar refractivity (Wildman–Crippen MR) is 112 cm³/mol. The lowest BCUT2D eigenvalue weighted by Gasteiger charge is -2.13. The molecule has 0 aliphatic carbocycles. The molecule has 4 amide bonds. The lowest BCUT2D eigenvalue weighted by Crippen LogP contribution is -2.34. The van der Waals surface area contributed by atoms with Gasteiger partial charge in [-0.1, -0.05) is 18.2 Å². The van der Waals surface area contributed by atoms with E-state index in [1.165, 1.54) is 0 Å². The first-order valence-electron chi connectivity index (χ1n) is 9.55. The number of aryl methyl sites for hydroxylation is 1. The van der Waals surface area contributed by atoms with Gasteiger partial charge in [0.15, 0.2) is 0 Å². The normalized spacial score (nSPS) is 16.1. The number of carbonyl (C=O) groups is 3. The maximum Gasteiger partial charge on any atom is 0.325 e. The third kappa shape index (κ3) is 3.71. The zero-order chi connectivity index (χ0) is 21.3. The average molecular weight is 406 g/mol. The first kappa shape index (κ1) is 19.5. The van der Waals surface area contributed by atoms with E-state index in [9.17, 15) is 14.4 Å². The van der Waals surface area contributed by atoms with Crippen molar-refractivity contribution in [1.82, 2.24) is 14.8 Å². The third-order valence-corrected chi connectivity index (χ3v) is 5.20. The number of rotatable bonds is 6. The Bertz CT molecular complexity index is 1120. The lowest BCUT2D eigenvalue weighted by atomic mass is 10.1. The van der Waals surface area contributed by atoms with Crippen LogP contribution in [0.1, 0.15) is 12.0 Å². The molecule has 1 saturated heterocycles. The molecule has 1 aromatic heterocycles. The molecule has 0 unspecified atom stereocenters. The number of ether oxygens (including phenoxy) is 1. The van der Waals surface area contributed by atoms with Gasteiger partial charge in [-0.3, -0.25) is 14.5 Å². The fourth-order valence-corrected chi connectivity index (χ4v) is 3.58. The SMILES string of the molecule is COc1ccc(CN2C(=O)N[C@H](CC(=O)Nc3cccc4c3ccn4C)C2=O)cc1. The van der Waals surface area contributed by atoms with Gasteiger partial charge in [0.1, 0.15) is 11.8 Å². The molecule has 30 heavy (non-hydrogen) atoms. The van der Waals surface area contributed by atoms with Crippen LogP contribution >= 0.6 is 0 Å². The van der Waals surface area contributed by atoms with Crippen molar-refractivity contribution in [2.45, 2.75) is 19.0 Å². The van der Waals surface area contributed by atoms with Crippen molar-refractivity contribution >= 4 is 34.4 Å². The summed E-state index contributed by atoms with van der Waals surface area (Å²) in [6, 6.07) is 13.3. The topological polar surface area (TPSA) is 92.7 Å². The van der Waals surface area contributed by atoms with Crippen LogP contribution in [0.15, 0.2) is 54.7 Å². The van der Waals surface area contributed by atoms with Crippen molar-refractivity contribution in [3.8, 4) is 5.75 Å². The van der Waals surface area contributed by atoms with Crippen LogP contribution in [-0.4, -0.2) is 40.5 Å². The quantitative estimate of drug-likeness (QED) is 0.616.